The van der Waals surface area contributed by atoms with Crippen molar-refractivity contribution in [3.8, 4) is 0 Å². The molecular weight excluding hydrogens is 179 g/mol. The van der Waals surface area contributed by atoms with Crippen LogP contribution in [0.25, 0.3) is 0 Å². The molecule has 0 aromatic heterocycles. The van der Waals surface area contributed by atoms with E-state index < -0.39 is 10.1 Å². The van der Waals surface area contributed by atoms with Gasteiger partial charge in [0, 0.05) is 4.91 Å². The fraction of sp³-hybridized carbons (Fsp3) is 0.600. The molecule has 0 aromatic rings. The minimum atomic E-state index is -4.15. The number of rotatable bonds is 2. The Balaban J connectivity index is 0. The first-order valence-corrected chi connectivity index (χ1v) is 4.04. The van der Waals surface area contributed by atoms with Crippen molar-refractivity contribution in [1.82, 2.24) is 0 Å². The zero-order valence-electron chi connectivity index (χ0n) is 6.42. The van der Waals surface area contributed by atoms with E-state index in [0.29, 0.717) is 0 Å². The molecule has 0 unspecified atom stereocenters. The maximum Gasteiger partial charge on any atom is 1.00 e. The van der Waals surface area contributed by atoms with E-state index in [1.165, 1.54) is 13.0 Å². The number of hydrogen-bond donors (Lipinski definition) is 0. The van der Waals surface area contributed by atoms with Gasteiger partial charge in [-0.15, -0.1) is 0 Å². The van der Waals surface area contributed by atoms with Crippen LogP contribution < -0.4 is 51.4 Å². The van der Waals surface area contributed by atoms with E-state index in [1.54, 1.807) is 6.92 Å². The van der Waals surface area contributed by atoms with Crippen molar-refractivity contribution in [2.45, 2.75) is 20.3 Å². The maximum absolute atomic E-state index is 10.2. The third-order valence-electron chi connectivity index (χ3n) is 0.992. The third kappa shape index (κ3) is 5.01. The van der Waals surface area contributed by atoms with Gasteiger partial charge < -0.3 is 4.55 Å². The predicted molar refractivity (Wildman–Crippen MR) is 33.7 cm³/mol. The van der Waals surface area contributed by atoms with Crippen LogP contribution in [0.4, 0.5) is 0 Å². The normalized spacial score (nSPS) is 12.5. The van der Waals surface area contributed by atoms with Gasteiger partial charge in [-0.1, -0.05) is 13.0 Å². The third-order valence-corrected chi connectivity index (χ3v) is 2.16. The Morgan fingerprint density at radius 3 is 2.00 bits per heavy atom. The number of hydrogen-bond acceptors (Lipinski definition) is 3. The van der Waals surface area contributed by atoms with E-state index in [-0.39, 0.29) is 62.7 Å². The zero-order valence-corrected chi connectivity index (χ0v) is 10.4. The van der Waals surface area contributed by atoms with Gasteiger partial charge in [-0.2, -0.15) is 0 Å². The van der Waals surface area contributed by atoms with Gasteiger partial charge in [-0.3, -0.25) is 0 Å². The van der Waals surface area contributed by atoms with E-state index in [2.05, 4.69) is 0 Å². The van der Waals surface area contributed by atoms with Crippen molar-refractivity contribution in [2.75, 3.05) is 0 Å². The molecule has 0 fully saturated rings. The fourth-order valence-corrected chi connectivity index (χ4v) is 1.17. The van der Waals surface area contributed by atoms with Crippen molar-refractivity contribution in [3.05, 3.63) is 11.0 Å². The van der Waals surface area contributed by atoms with Gasteiger partial charge in [0.05, 0.1) is 0 Å². The van der Waals surface area contributed by atoms with Gasteiger partial charge in [0.25, 0.3) is 0 Å². The summed E-state index contributed by atoms with van der Waals surface area (Å²) >= 11 is 0. The molecule has 0 aliphatic rings. The van der Waals surface area contributed by atoms with E-state index in [0.717, 1.165) is 0 Å². The standard InChI is InChI=1S/C5H10O3S.K/c1-3-5(4-2)9(6,7)8;/h3H,4H2,1-2H3,(H,6,7,8);/q;+1/p-1/b5-3+;. The topological polar surface area (TPSA) is 57.2 Å². The maximum atomic E-state index is 10.2. The van der Waals surface area contributed by atoms with Crippen LogP contribution in [0.1, 0.15) is 20.3 Å². The fourth-order valence-electron chi connectivity index (χ4n) is 0.525. The molecular formula is C5H9KO3S. The molecule has 0 saturated carbocycles. The Kier molecular flexibility index (Phi) is 8.14. The Hall–Kier alpha value is 1.29. The average molecular weight is 188 g/mol. The van der Waals surface area contributed by atoms with Crippen LogP contribution in [0.5, 0.6) is 0 Å². The smallest absolute Gasteiger partial charge is 0.744 e. The molecule has 0 rings (SSSR count). The Morgan fingerprint density at radius 2 is 2.00 bits per heavy atom. The first-order valence-electron chi connectivity index (χ1n) is 2.63. The van der Waals surface area contributed by atoms with E-state index in [1.807, 2.05) is 0 Å². The summed E-state index contributed by atoms with van der Waals surface area (Å²) in [5, 5.41) is 0. The van der Waals surface area contributed by atoms with Crippen molar-refractivity contribution < 1.29 is 64.4 Å². The summed E-state index contributed by atoms with van der Waals surface area (Å²) in [6.07, 6.45) is 1.60. The van der Waals surface area contributed by atoms with Crippen LogP contribution in [0.2, 0.25) is 0 Å². The van der Waals surface area contributed by atoms with Crippen LogP contribution in [0, 0.1) is 0 Å². The van der Waals surface area contributed by atoms with E-state index in [9.17, 15) is 13.0 Å². The van der Waals surface area contributed by atoms with Gasteiger partial charge in [-0.05, 0) is 13.3 Å². The summed E-state index contributed by atoms with van der Waals surface area (Å²) < 4.78 is 30.5. The first kappa shape index (κ1) is 13.8. The van der Waals surface area contributed by atoms with Crippen LogP contribution in [0.3, 0.4) is 0 Å². The molecule has 3 nitrogen and oxygen atoms in total. The van der Waals surface area contributed by atoms with Crippen molar-refractivity contribution in [3.63, 3.8) is 0 Å². The molecule has 0 N–H and O–H groups in total. The second kappa shape index (κ2) is 5.88. The molecule has 0 atom stereocenters. The molecule has 0 amide bonds. The largest absolute Gasteiger partial charge is 1.00 e. The van der Waals surface area contributed by atoms with Crippen molar-refractivity contribution in [1.29, 1.82) is 0 Å². The van der Waals surface area contributed by atoms with Crippen LogP contribution >= 0.6 is 0 Å². The summed E-state index contributed by atoms with van der Waals surface area (Å²) in [4.78, 5) is -0.0394. The Labute approximate surface area is 104 Å². The average Bonchev–Trinajstić information content (AvgIpc) is 1.65. The van der Waals surface area contributed by atoms with E-state index in [4.69, 9.17) is 0 Å². The summed E-state index contributed by atoms with van der Waals surface area (Å²) in [5.74, 6) is 0. The Bertz CT molecular complexity index is 205. The molecule has 0 aromatic carbocycles. The quantitative estimate of drug-likeness (QED) is 0.367. The monoisotopic (exact) mass is 188 g/mol. The molecule has 0 aliphatic carbocycles. The van der Waals surface area contributed by atoms with Gasteiger partial charge >= 0.3 is 51.4 Å². The van der Waals surface area contributed by atoms with Crippen LogP contribution in [-0.2, 0) is 10.1 Å². The first-order chi connectivity index (χ1) is 4.02. The van der Waals surface area contributed by atoms with Crippen molar-refractivity contribution in [2.24, 2.45) is 0 Å². The molecule has 0 spiro atoms. The van der Waals surface area contributed by atoms with Crippen molar-refractivity contribution >= 4 is 10.1 Å². The SMILES string of the molecule is C/C=C(\CC)S(=O)(=O)[O-].[K+]. The molecule has 0 aliphatic heterocycles. The van der Waals surface area contributed by atoms with E-state index >= 15 is 0 Å². The van der Waals surface area contributed by atoms with Crippen LogP contribution in [0.15, 0.2) is 11.0 Å². The second-order valence-electron chi connectivity index (χ2n) is 1.56. The summed E-state index contributed by atoms with van der Waals surface area (Å²) in [6, 6.07) is 0. The summed E-state index contributed by atoms with van der Waals surface area (Å²) in [6.45, 7) is 3.17. The molecule has 54 valence electrons. The van der Waals surface area contributed by atoms with Gasteiger partial charge in [-0.25, -0.2) is 8.42 Å². The predicted octanol–water partition coefficient (Wildman–Crippen LogP) is -2.15. The molecule has 0 radical (unpaired) electrons. The molecule has 0 bridgehead atoms. The van der Waals surface area contributed by atoms with Crippen LogP contribution in [-0.4, -0.2) is 13.0 Å². The molecule has 0 saturated heterocycles. The zero-order chi connectivity index (χ0) is 7.49. The minimum absolute atomic E-state index is 0. The summed E-state index contributed by atoms with van der Waals surface area (Å²) in [7, 11) is -4.15. The minimum Gasteiger partial charge on any atom is -0.744 e. The number of allylic oxidation sites excluding steroid dienone is 2. The molecule has 5 heteroatoms. The second-order valence-corrected chi connectivity index (χ2v) is 3.00. The van der Waals surface area contributed by atoms with Gasteiger partial charge in [0.2, 0.25) is 0 Å². The van der Waals surface area contributed by atoms with Gasteiger partial charge in [0.15, 0.2) is 0 Å². The molecule has 0 heterocycles. The summed E-state index contributed by atoms with van der Waals surface area (Å²) in [5.41, 5.74) is 0. The Morgan fingerprint density at radius 1 is 1.60 bits per heavy atom. The van der Waals surface area contributed by atoms with Gasteiger partial charge in [0.1, 0.15) is 10.1 Å². The molecule has 10 heavy (non-hydrogen) atoms.